The molecule has 2 saturated heterocycles. The number of nitrogens with zero attached hydrogens (tertiary/aromatic N) is 2. The molecule has 2 aliphatic heterocycles. The van der Waals surface area contributed by atoms with E-state index in [0.717, 1.165) is 25.2 Å². The van der Waals surface area contributed by atoms with E-state index >= 15 is 0 Å². The van der Waals surface area contributed by atoms with Crippen molar-refractivity contribution in [3.63, 3.8) is 0 Å². The van der Waals surface area contributed by atoms with Crippen LogP contribution in [0.5, 0.6) is 5.75 Å². The number of nitrogens with two attached hydrogens (primary N) is 1. The van der Waals surface area contributed by atoms with Crippen LogP contribution in [-0.2, 0) is 9.59 Å². The number of rotatable bonds is 5. The molecule has 1 aromatic carbocycles. The van der Waals surface area contributed by atoms with Gasteiger partial charge < -0.3 is 20.3 Å². The summed E-state index contributed by atoms with van der Waals surface area (Å²) in [5, 5.41) is 0. The summed E-state index contributed by atoms with van der Waals surface area (Å²) >= 11 is 0. The molecular weight excluding hydrogens is 342 g/mol. The zero-order valence-corrected chi connectivity index (χ0v) is 15.3. The van der Waals surface area contributed by atoms with Crippen molar-refractivity contribution in [2.24, 2.45) is 17.6 Å². The molecule has 1 aromatic rings. The van der Waals surface area contributed by atoms with Crippen LogP contribution in [0.3, 0.4) is 0 Å². The average Bonchev–Trinajstić information content (AvgIpc) is 3.22. The third-order valence-electron chi connectivity index (χ3n) is 4.86. The second kappa shape index (κ2) is 8.54. The minimum Gasteiger partial charge on any atom is -0.492 e. The molecule has 2 amide bonds. The summed E-state index contributed by atoms with van der Waals surface area (Å²) in [4.78, 5) is 28.7. The Morgan fingerprint density at radius 3 is 2.76 bits per heavy atom. The van der Waals surface area contributed by atoms with Crippen molar-refractivity contribution in [2.75, 3.05) is 37.7 Å². The molecule has 2 atom stereocenters. The summed E-state index contributed by atoms with van der Waals surface area (Å²) in [6.45, 7) is 4.95. The van der Waals surface area contributed by atoms with Gasteiger partial charge in [-0.15, -0.1) is 12.4 Å². The zero-order chi connectivity index (χ0) is 17.1. The van der Waals surface area contributed by atoms with E-state index in [1.165, 1.54) is 0 Å². The van der Waals surface area contributed by atoms with Crippen molar-refractivity contribution in [3.05, 3.63) is 24.3 Å². The fourth-order valence-electron chi connectivity index (χ4n) is 3.55. The number of carbonyl (C=O) groups excluding carboxylic acids is 2. The zero-order valence-electron chi connectivity index (χ0n) is 14.5. The lowest BCUT2D eigenvalue weighted by Crippen LogP contribution is -2.36. The number of hydrogen-bond acceptors (Lipinski definition) is 4. The molecule has 2 heterocycles. The number of para-hydroxylation sites is 2. The number of ether oxygens (including phenoxy) is 1. The van der Waals surface area contributed by atoms with Gasteiger partial charge in [0, 0.05) is 26.1 Å². The number of hydrogen-bond donors (Lipinski definition) is 1. The lowest BCUT2D eigenvalue weighted by atomic mass is 10.1. The molecule has 6 nitrogen and oxygen atoms in total. The quantitative estimate of drug-likeness (QED) is 0.858. The molecule has 2 N–H and O–H groups in total. The van der Waals surface area contributed by atoms with E-state index in [-0.39, 0.29) is 36.6 Å². The normalized spacial score (nSPS) is 22.9. The predicted octanol–water partition coefficient (Wildman–Crippen LogP) is 1.67. The van der Waals surface area contributed by atoms with E-state index in [9.17, 15) is 9.59 Å². The molecule has 138 valence electrons. The Hall–Kier alpha value is -1.79. The van der Waals surface area contributed by atoms with Gasteiger partial charge in [0.15, 0.2) is 0 Å². The second-order valence-electron chi connectivity index (χ2n) is 6.48. The first kappa shape index (κ1) is 19.5. The highest BCUT2D eigenvalue weighted by Crippen LogP contribution is 2.34. The van der Waals surface area contributed by atoms with Gasteiger partial charge in [-0.2, -0.15) is 0 Å². The van der Waals surface area contributed by atoms with Gasteiger partial charge in [0.05, 0.1) is 18.2 Å². The summed E-state index contributed by atoms with van der Waals surface area (Å²) in [7, 11) is 0. The minimum atomic E-state index is -0.274. The molecule has 0 aliphatic carbocycles. The van der Waals surface area contributed by atoms with Crippen LogP contribution in [0.4, 0.5) is 5.69 Å². The fourth-order valence-corrected chi connectivity index (χ4v) is 3.55. The number of amides is 2. The van der Waals surface area contributed by atoms with Crippen LogP contribution in [0.15, 0.2) is 24.3 Å². The van der Waals surface area contributed by atoms with Crippen LogP contribution in [0.25, 0.3) is 0 Å². The summed E-state index contributed by atoms with van der Waals surface area (Å²) in [5.41, 5.74) is 6.45. The van der Waals surface area contributed by atoms with Crippen LogP contribution in [-0.4, -0.2) is 49.5 Å². The molecule has 2 unspecified atom stereocenters. The van der Waals surface area contributed by atoms with Gasteiger partial charge >= 0.3 is 0 Å². The van der Waals surface area contributed by atoms with Crippen LogP contribution in [0.2, 0.25) is 0 Å². The lowest BCUT2D eigenvalue weighted by molar-refractivity contribution is -0.134. The Labute approximate surface area is 154 Å². The molecule has 7 heteroatoms. The molecule has 0 aromatic heterocycles. The Kier molecular flexibility index (Phi) is 6.67. The maximum Gasteiger partial charge on any atom is 0.228 e. The highest BCUT2D eigenvalue weighted by Gasteiger charge is 2.39. The van der Waals surface area contributed by atoms with Gasteiger partial charge in [-0.05, 0) is 37.9 Å². The van der Waals surface area contributed by atoms with Crippen molar-refractivity contribution in [1.82, 2.24) is 4.90 Å². The Morgan fingerprint density at radius 2 is 2.08 bits per heavy atom. The van der Waals surface area contributed by atoms with Gasteiger partial charge in [-0.3, -0.25) is 9.59 Å². The molecule has 2 fully saturated rings. The van der Waals surface area contributed by atoms with Crippen molar-refractivity contribution >= 4 is 29.9 Å². The van der Waals surface area contributed by atoms with Gasteiger partial charge in [-0.25, -0.2) is 0 Å². The standard InChI is InChI=1S/C18H25N3O3.ClH/c1-2-24-16-6-4-3-5-15(16)21-12-14(9-17(21)22)18(23)20-8-7-13(10-19)11-20;/h3-6,13-14H,2,7-12,19H2,1H3;1H. The summed E-state index contributed by atoms with van der Waals surface area (Å²) in [5.74, 6) is 0.862. The van der Waals surface area contributed by atoms with E-state index in [1.54, 1.807) is 4.90 Å². The predicted molar refractivity (Wildman–Crippen MR) is 99.1 cm³/mol. The van der Waals surface area contributed by atoms with Crippen LogP contribution in [0, 0.1) is 11.8 Å². The SMILES string of the molecule is CCOc1ccccc1N1CC(C(=O)N2CCC(CN)C2)CC1=O.Cl. The summed E-state index contributed by atoms with van der Waals surface area (Å²) in [6.07, 6.45) is 1.23. The number of halogens is 1. The van der Waals surface area contributed by atoms with E-state index < -0.39 is 0 Å². The van der Waals surface area contributed by atoms with Crippen molar-refractivity contribution < 1.29 is 14.3 Å². The molecule has 2 aliphatic rings. The smallest absolute Gasteiger partial charge is 0.228 e. The third-order valence-corrected chi connectivity index (χ3v) is 4.86. The van der Waals surface area contributed by atoms with E-state index in [0.29, 0.717) is 31.4 Å². The first-order chi connectivity index (χ1) is 11.6. The maximum atomic E-state index is 12.7. The van der Waals surface area contributed by atoms with Crippen molar-refractivity contribution in [1.29, 1.82) is 0 Å². The number of benzene rings is 1. The summed E-state index contributed by atoms with van der Waals surface area (Å²) < 4.78 is 5.62. The Morgan fingerprint density at radius 1 is 1.32 bits per heavy atom. The monoisotopic (exact) mass is 367 g/mol. The molecule has 3 rings (SSSR count). The van der Waals surface area contributed by atoms with Gasteiger partial charge in [0.25, 0.3) is 0 Å². The molecular formula is C18H26ClN3O3. The average molecular weight is 368 g/mol. The fraction of sp³-hybridized carbons (Fsp3) is 0.556. The van der Waals surface area contributed by atoms with Crippen molar-refractivity contribution in [2.45, 2.75) is 19.8 Å². The first-order valence-electron chi connectivity index (χ1n) is 8.65. The molecule has 0 spiro atoms. The second-order valence-corrected chi connectivity index (χ2v) is 6.48. The number of likely N-dealkylation sites (tertiary alicyclic amines) is 1. The lowest BCUT2D eigenvalue weighted by Gasteiger charge is -2.22. The maximum absolute atomic E-state index is 12.7. The summed E-state index contributed by atoms with van der Waals surface area (Å²) in [6, 6.07) is 7.49. The van der Waals surface area contributed by atoms with Gasteiger partial charge in [0.1, 0.15) is 5.75 Å². The third kappa shape index (κ3) is 4.07. The van der Waals surface area contributed by atoms with Crippen molar-refractivity contribution in [3.8, 4) is 5.75 Å². The Balaban J connectivity index is 0.00000225. The molecule has 0 bridgehead atoms. The largest absolute Gasteiger partial charge is 0.492 e. The van der Waals surface area contributed by atoms with Crippen LogP contribution < -0.4 is 15.4 Å². The highest BCUT2D eigenvalue weighted by molar-refractivity contribution is 6.01. The molecule has 25 heavy (non-hydrogen) atoms. The first-order valence-corrected chi connectivity index (χ1v) is 8.65. The molecule has 0 saturated carbocycles. The van der Waals surface area contributed by atoms with Gasteiger partial charge in [0.2, 0.25) is 11.8 Å². The number of carbonyl (C=O) groups is 2. The van der Waals surface area contributed by atoms with Crippen LogP contribution in [0.1, 0.15) is 19.8 Å². The van der Waals surface area contributed by atoms with Crippen LogP contribution >= 0.6 is 12.4 Å². The van der Waals surface area contributed by atoms with Gasteiger partial charge in [-0.1, -0.05) is 12.1 Å². The van der Waals surface area contributed by atoms with E-state index in [2.05, 4.69) is 0 Å². The highest BCUT2D eigenvalue weighted by atomic mass is 35.5. The van der Waals surface area contributed by atoms with E-state index in [4.69, 9.17) is 10.5 Å². The number of anilines is 1. The Bertz CT molecular complexity index is 625. The minimum absolute atomic E-state index is 0. The van der Waals surface area contributed by atoms with E-state index in [1.807, 2.05) is 36.1 Å². The molecule has 0 radical (unpaired) electrons. The topological polar surface area (TPSA) is 75.9 Å².